The van der Waals surface area contributed by atoms with Gasteiger partial charge in [-0.15, -0.1) is 0 Å². The van der Waals surface area contributed by atoms with E-state index >= 15 is 0 Å². The van der Waals surface area contributed by atoms with Gasteiger partial charge in [0.1, 0.15) is 11.9 Å². The Balaban J connectivity index is 0.00000106. The lowest BCUT2D eigenvalue weighted by Crippen LogP contribution is -2.20. The van der Waals surface area contributed by atoms with E-state index in [0.717, 1.165) is 5.57 Å². The third-order valence-electron chi connectivity index (χ3n) is 1.85. The second kappa shape index (κ2) is 7.74. The van der Waals surface area contributed by atoms with E-state index in [9.17, 15) is 9.90 Å². The first-order chi connectivity index (χ1) is 7.61. The molecule has 0 saturated carbocycles. The van der Waals surface area contributed by atoms with E-state index in [1.807, 2.05) is 27.7 Å². The zero-order valence-corrected chi connectivity index (χ0v) is 10.4. The lowest BCUT2D eigenvalue weighted by atomic mass is 10.1. The van der Waals surface area contributed by atoms with Crippen molar-refractivity contribution in [3.8, 4) is 0 Å². The highest BCUT2D eigenvalue weighted by molar-refractivity contribution is 5.83. The topological polar surface area (TPSA) is 46.5 Å². The molecule has 1 aliphatic heterocycles. The molecule has 1 aliphatic rings. The maximum absolute atomic E-state index is 11.0. The van der Waals surface area contributed by atoms with Gasteiger partial charge in [0, 0.05) is 12.5 Å². The minimum Gasteiger partial charge on any atom is -0.508 e. The van der Waals surface area contributed by atoms with E-state index in [-0.39, 0.29) is 17.8 Å². The SMILES string of the molecule is C/C=C\C(O)=C/C1CC(C)=CC(=O)O1.CC. The van der Waals surface area contributed by atoms with Crippen molar-refractivity contribution in [3.05, 3.63) is 35.6 Å². The lowest BCUT2D eigenvalue weighted by molar-refractivity contribution is -0.142. The Morgan fingerprint density at radius 3 is 2.69 bits per heavy atom. The van der Waals surface area contributed by atoms with Crippen LogP contribution in [0.25, 0.3) is 0 Å². The van der Waals surface area contributed by atoms with Gasteiger partial charge < -0.3 is 9.84 Å². The van der Waals surface area contributed by atoms with Gasteiger partial charge in [0.25, 0.3) is 0 Å². The van der Waals surface area contributed by atoms with E-state index in [2.05, 4.69) is 0 Å². The number of carbonyl (C=O) groups is 1. The lowest BCUT2D eigenvalue weighted by Gasteiger charge is -2.18. The minimum absolute atomic E-state index is 0.125. The summed E-state index contributed by atoms with van der Waals surface area (Å²) in [5.41, 5.74) is 0.968. The predicted molar refractivity (Wildman–Crippen MR) is 65.1 cm³/mol. The van der Waals surface area contributed by atoms with Gasteiger partial charge in [0.2, 0.25) is 0 Å². The fraction of sp³-hybridized carbons (Fsp3) is 0.462. The quantitative estimate of drug-likeness (QED) is 0.445. The number of aliphatic hydroxyl groups is 1. The van der Waals surface area contributed by atoms with Crippen molar-refractivity contribution < 1.29 is 14.6 Å². The Labute approximate surface area is 97.1 Å². The molecule has 0 fully saturated rings. The Morgan fingerprint density at radius 2 is 2.19 bits per heavy atom. The van der Waals surface area contributed by atoms with Gasteiger partial charge in [0.15, 0.2) is 0 Å². The Kier molecular flexibility index (Phi) is 7.01. The monoisotopic (exact) mass is 224 g/mol. The Morgan fingerprint density at radius 1 is 1.56 bits per heavy atom. The van der Waals surface area contributed by atoms with Gasteiger partial charge in [-0.25, -0.2) is 4.79 Å². The highest BCUT2D eigenvalue weighted by atomic mass is 16.5. The van der Waals surface area contributed by atoms with Crippen LogP contribution in [0.2, 0.25) is 0 Å². The van der Waals surface area contributed by atoms with Crippen LogP contribution in [0.4, 0.5) is 0 Å². The van der Waals surface area contributed by atoms with Crippen molar-refractivity contribution in [2.24, 2.45) is 0 Å². The summed E-state index contributed by atoms with van der Waals surface area (Å²) in [7, 11) is 0. The first kappa shape index (κ1) is 14.5. The summed E-state index contributed by atoms with van der Waals surface area (Å²) < 4.78 is 4.99. The number of hydrogen-bond acceptors (Lipinski definition) is 3. The zero-order chi connectivity index (χ0) is 12.6. The summed E-state index contributed by atoms with van der Waals surface area (Å²) >= 11 is 0. The van der Waals surface area contributed by atoms with Crippen molar-refractivity contribution in [1.82, 2.24) is 0 Å². The molecule has 3 nitrogen and oxygen atoms in total. The number of hydrogen-bond donors (Lipinski definition) is 1. The first-order valence-electron chi connectivity index (χ1n) is 5.53. The van der Waals surface area contributed by atoms with Crippen LogP contribution < -0.4 is 0 Å². The number of cyclic esters (lactones) is 1. The molecule has 3 heteroatoms. The highest BCUT2D eigenvalue weighted by Gasteiger charge is 2.17. The molecule has 0 amide bonds. The minimum atomic E-state index is -0.344. The molecule has 0 aromatic carbocycles. The molecular formula is C13H20O3. The average Bonchev–Trinajstić information content (AvgIpc) is 2.19. The predicted octanol–water partition coefficient (Wildman–Crippen LogP) is 3.29. The van der Waals surface area contributed by atoms with Gasteiger partial charge in [0.05, 0.1) is 0 Å². The summed E-state index contributed by atoms with van der Waals surface area (Å²) in [5.74, 6) is -0.219. The van der Waals surface area contributed by atoms with Crippen molar-refractivity contribution in [1.29, 1.82) is 0 Å². The number of allylic oxidation sites excluding steroid dienone is 2. The normalized spacial score (nSPS) is 21.0. The maximum atomic E-state index is 11.0. The van der Waals surface area contributed by atoms with Crippen LogP contribution in [-0.4, -0.2) is 17.2 Å². The fourth-order valence-electron chi connectivity index (χ4n) is 1.31. The summed E-state index contributed by atoms with van der Waals surface area (Å²) in [4.78, 5) is 11.0. The van der Waals surface area contributed by atoms with Crippen molar-refractivity contribution in [3.63, 3.8) is 0 Å². The number of carbonyl (C=O) groups excluding carboxylic acids is 1. The van der Waals surface area contributed by atoms with Crippen molar-refractivity contribution in [2.45, 2.75) is 40.2 Å². The molecule has 1 atom stereocenters. The number of rotatable bonds is 2. The molecule has 0 aromatic rings. The molecule has 1 unspecified atom stereocenters. The van der Waals surface area contributed by atoms with Crippen molar-refractivity contribution >= 4 is 5.97 Å². The Bertz CT molecular complexity index is 311. The van der Waals surface area contributed by atoms with E-state index in [1.54, 1.807) is 12.2 Å². The third kappa shape index (κ3) is 5.39. The number of ether oxygens (including phenoxy) is 1. The molecule has 1 heterocycles. The second-order valence-corrected chi connectivity index (χ2v) is 3.26. The molecule has 0 aromatic heterocycles. The maximum Gasteiger partial charge on any atom is 0.331 e. The molecule has 0 bridgehead atoms. The van der Waals surface area contributed by atoms with Gasteiger partial charge in [-0.2, -0.15) is 0 Å². The van der Waals surface area contributed by atoms with Crippen LogP contribution in [-0.2, 0) is 9.53 Å². The van der Waals surface area contributed by atoms with Crippen LogP contribution in [0.15, 0.2) is 35.6 Å². The third-order valence-corrected chi connectivity index (χ3v) is 1.85. The van der Waals surface area contributed by atoms with Crippen LogP contribution in [0, 0.1) is 0 Å². The van der Waals surface area contributed by atoms with Gasteiger partial charge in [-0.05, 0) is 26.0 Å². The smallest absolute Gasteiger partial charge is 0.331 e. The van der Waals surface area contributed by atoms with Crippen molar-refractivity contribution in [2.75, 3.05) is 0 Å². The molecule has 1 rings (SSSR count). The molecule has 1 N–H and O–H groups in total. The van der Waals surface area contributed by atoms with Gasteiger partial charge in [-0.1, -0.05) is 25.5 Å². The number of aliphatic hydroxyl groups excluding tert-OH is 1. The largest absolute Gasteiger partial charge is 0.508 e. The highest BCUT2D eigenvalue weighted by Crippen LogP contribution is 2.16. The fourth-order valence-corrected chi connectivity index (χ4v) is 1.31. The molecule has 16 heavy (non-hydrogen) atoms. The summed E-state index contributed by atoms with van der Waals surface area (Å²) in [6.45, 7) is 7.68. The molecule has 0 aliphatic carbocycles. The van der Waals surface area contributed by atoms with Crippen LogP contribution in [0.1, 0.15) is 34.1 Å². The molecular weight excluding hydrogens is 204 g/mol. The summed E-state index contributed by atoms with van der Waals surface area (Å²) in [6.07, 6.45) is 6.59. The average molecular weight is 224 g/mol. The number of esters is 1. The van der Waals surface area contributed by atoms with E-state index < -0.39 is 0 Å². The standard InChI is InChI=1S/C11H14O3.C2H6/c1-3-4-9(12)7-10-5-8(2)6-11(13)14-10;1-2/h3-4,6-7,10,12H,5H2,1-2H3;1-2H3/b4-3-,9-7+;. The van der Waals surface area contributed by atoms with Crippen LogP contribution in [0.3, 0.4) is 0 Å². The second-order valence-electron chi connectivity index (χ2n) is 3.26. The molecule has 0 spiro atoms. The van der Waals surface area contributed by atoms with Crippen LogP contribution >= 0.6 is 0 Å². The molecule has 0 saturated heterocycles. The van der Waals surface area contributed by atoms with E-state index in [0.29, 0.717) is 6.42 Å². The summed E-state index contributed by atoms with van der Waals surface area (Å²) in [5, 5.41) is 9.34. The zero-order valence-electron chi connectivity index (χ0n) is 10.4. The summed E-state index contributed by atoms with van der Waals surface area (Å²) in [6, 6.07) is 0. The van der Waals surface area contributed by atoms with E-state index in [4.69, 9.17) is 4.74 Å². The van der Waals surface area contributed by atoms with Gasteiger partial charge in [-0.3, -0.25) is 0 Å². The molecule has 90 valence electrons. The first-order valence-corrected chi connectivity index (χ1v) is 5.53. The molecule has 0 radical (unpaired) electrons. The van der Waals surface area contributed by atoms with Crippen LogP contribution in [0.5, 0.6) is 0 Å². The van der Waals surface area contributed by atoms with Gasteiger partial charge >= 0.3 is 5.97 Å². The van der Waals surface area contributed by atoms with E-state index in [1.165, 1.54) is 12.2 Å². The Hall–Kier alpha value is -1.51.